The van der Waals surface area contributed by atoms with Gasteiger partial charge in [0.05, 0.1) is 11.4 Å². The predicted molar refractivity (Wildman–Crippen MR) is 114 cm³/mol. The number of rotatable bonds is 3. The van der Waals surface area contributed by atoms with Gasteiger partial charge in [-0.2, -0.15) is 0 Å². The van der Waals surface area contributed by atoms with E-state index in [1.54, 1.807) is 22.7 Å². The number of piperidine rings is 1. The van der Waals surface area contributed by atoms with Crippen LogP contribution in [0.4, 0.5) is 0 Å². The number of nitrogens with zero attached hydrogens (tertiary/aromatic N) is 2. The van der Waals surface area contributed by atoms with Crippen molar-refractivity contribution in [1.82, 2.24) is 14.9 Å². The summed E-state index contributed by atoms with van der Waals surface area (Å²) < 4.78 is 0. The Morgan fingerprint density at radius 3 is 2.89 bits per heavy atom. The van der Waals surface area contributed by atoms with E-state index in [1.165, 1.54) is 32.1 Å². The molecule has 3 aromatic rings. The Hall–Kier alpha value is -1.50. The third-order valence-electron chi connectivity index (χ3n) is 6.51. The SMILES string of the molecule is C[C@H](c1nc2scc(-c3cccs3)c2c(=O)[nH]1)N1CC[C@@H]2CCCC[C@@H]2C1. The first-order valence-corrected chi connectivity index (χ1v) is 11.8. The zero-order chi connectivity index (χ0) is 18.4. The van der Waals surface area contributed by atoms with Crippen molar-refractivity contribution in [3.63, 3.8) is 0 Å². The number of aromatic amines is 1. The van der Waals surface area contributed by atoms with Crippen LogP contribution >= 0.6 is 22.7 Å². The molecule has 0 amide bonds. The number of hydrogen-bond acceptors (Lipinski definition) is 5. The van der Waals surface area contributed by atoms with Crippen molar-refractivity contribution in [3.8, 4) is 10.4 Å². The van der Waals surface area contributed by atoms with Crippen molar-refractivity contribution in [2.75, 3.05) is 13.1 Å². The minimum Gasteiger partial charge on any atom is -0.309 e. The summed E-state index contributed by atoms with van der Waals surface area (Å²) in [6.07, 6.45) is 6.86. The van der Waals surface area contributed by atoms with E-state index in [9.17, 15) is 4.79 Å². The highest BCUT2D eigenvalue weighted by atomic mass is 32.1. The highest BCUT2D eigenvalue weighted by molar-refractivity contribution is 7.18. The van der Waals surface area contributed by atoms with Crippen molar-refractivity contribution in [2.45, 2.75) is 45.1 Å². The Balaban J connectivity index is 1.44. The minimum absolute atomic E-state index is 0.000877. The van der Waals surface area contributed by atoms with Gasteiger partial charge >= 0.3 is 0 Å². The molecule has 0 aromatic carbocycles. The van der Waals surface area contributed by atoms with Gasteiger partial charge in [-0.05, 0) is 49.6 Å². The maximum atomic E-state index is 12.9. The topological polar surface area (TPSA) is 49.0 Å². The molecular weight excluding hydrogens is 374 g/mol. The third kappa shape index (κ3) is 3.18. The molecule has 1 saturated carbocycles. The van der Waals surface area contributed by atoms with E-state index in [0.29, 0.717) is 0 Å². The van der Waals surface area contributed by atoms with Crippen LogP contribution in [-0.4, -0.2) is 28.0 Å². The lowest BCUT2D eigenvalue weighted by Crippen LogP contribution is -2.43. The number of H-pyrrole nitrogens is 1. The minimum atomic E-state index is -0.000877. The zero-order valence-electron chi connectivity index (χ0n) is 15.6. The first-order chi connectivity index (χ1) is 13.2. The normalized spacial score (nSPS) is 24.8. The zero-order valence-corrected chi connectivity index (χ0v) is 17.2. The smallest absolute Gasteiger partial charge is 0.260 e. The van der Waals surface area contributed by atoms with Crippen molar-refractivity contribution >= 4 is 32.9 Å². The van der Waals surface area contributed by atoms with Crippen LogP contribution in [-0.2, 0) is 0 Å². The van der Waals surface area contributed by atoms with Gasteiger partial charge < -0.3 is 4.98 Å². The number of aromatic nitrogens is 2. The van der Waals surface area contributed by atoms with E-state index >= 15 is 0 Å². The fourth-order valence-electron chi connectivity index (χ4n) is 4.93. The van der Waals surface area contributed by atoms with E-state index in [2.05, 4.69) is 28.3 Å². The fraction of sp³-hybridized carbons (Fsp3) is 0.524. The number of thiophene rings is 2. The van der Waals surface area contributed by atoms with Crippen LogP contribution in [0.25, 0.3) is 20.7 Å². The second-order valence-electron chi connectivity index (χ2n) is 8.02. The number of nitrogens with one attached hydrogen (secondary N) is 1. The monoisotopic (exact) mass is 399 g/mol. The number of fused-ring (bicyclic) bond motifs is 2. The average molecular weight is 400 g/mol. The van der Waals surface area contributed by atoms with Crippen LogP contribution in [0.1, 0.15) is 50.9 Å². The molecule has 0 unspecified atom stereocenters. The Labute approximate surface area is 167 Å². The van der Waals surface area contributed by atoms with Crippen LogP contribution in [0.5, 0.6) is 0 Å². The molecule has 4 heterocycles. The predicted octanol–water partition coefficient (Wildman–Crippen LogP) is 5.29. The fourth-order valence-corrected chi connectivity index (χ4v) is 6.70. The van der Waals surface area contributed by atoms with Gasteiger partial charge in [0, 0.05) is 22.4 Å². The Bertz CT molecular complexity index is 991. The first-order valence-electron chi connectivity index (χ1n) is 10.00. The van der Waals surface area contributed by atoms with Crippen LogP contribution in [0.3, 0.4) is 0 Å². The molecule has 6 heteroatoms. The van der Waals surface area contributed by atoms with Crippen LogP contribution < -0.4 is 5.56 Å². The Morgan fingerprint density at radius 2 is 2.07 bits per heavy atom. The van der Waals surface area contributed by atoms with Crippen molar-refractivity contribution in [3.05, 3.63) is 39.1 Å². The van der Waals surface area contributed by atoms with Gasteiger partial charge in [-0.15, -0.1) is 22.7 Å². The number of hydrogen-bond donors (Lipinski definition) is 1. The molecule has 2 fully saturated rings. The second kappa shape index (κ2) is 7.15. The second-order valence-corrected chi connectivity index (χ2v) is 9.83. The van der Waals surface area contributed by atoms with Gasteiger partial charge in [0.25, 0.3) is 5.56 Å². The van der Waals surface area contributed by atoms with E-state index in [1.807, 2.05) is 11.4 Å². The summed E-state index contributed by atoms with van der Waals surface area (Å²) in [5.41, 5.74) is 1.01. The molecule has 4 nitrogen and oxygen atoms in total. The summed E-state index contributed by atoms with van der Waals surface area (Å²) in [5.74, 6) is 2.57. The van der Waals surface area contributed by atoms with Crippen LogP contribution in [0, 0.1) is 11.8 Å². The summed E-state index contributed by atoms with van der Waals surface area (Å²) >= 11 is 3.25. The van der Waals surface area contributed by atoms with E-state index < -0.39 is 0 Å². The van der Waals surface area contributed by atoms with Crippen LogP contribution in [0.15, 0.2) is 27.7 Å². The lowest BCUT2D eigenvalue weighted by Gasteiger charge is -2.43. The molecule has 2 aliphatic rings. The lowest BCUT2D eigenvalue weighted by atomic mass is 9.75. The molecule has 5 rings (SSSR count). The van der Waals surface area contributed by atoms with Crippen molar-refractivity contribution in [1.29, 1.82) is 0 Å². The van der Waals surface area contributed by atoms with E-state index in [4.69, 9.17) is 4.98 Å². The molecule has 3 atom stereocenters. The largest absolute Gasteiger partial charge is 0.309 e. The quantitative estimate of drug-likeness (QED) is 0.651. The van der Waals surface area contributed by atoms with Gasteiger partial charge in [0.2, 0.25) is 0 Å². The molecule has 0 radical (unpaired) electrons. The average Bonchev–Trinajstić information content (AvgIpc) is 3.36. The molecule has 1 aliphatic carbocycles. The molecule has 27 heavy (non-hydrogen) atoms. The molecule has 0 bridgehead atoms. The number of likely N-dealkylation sites (tertiary alicyclic amines) is 1. The molecule has 1 N–H and O–H groups in total. The van der Waals surface area contributed by atoms with Gasteiger partial charge in [0.1, 0.15) is 10.7 Å². The lowest BCUT2D eigenvalue weighted by molar-refractivity contribution is 0.0591. The van der Waals surface area contributed by atoms with E-state index in [-0.39, 0.29) is 11.6 Å². The van der Waals surface area contributed by atoms with Gasteiger partial charge in [-0.3, -0.25) is 9.69 Å². The Morgan fingerprint density at radius 1 is 1.22 bits per heavy atom. The molecule has 1 saturated heterocycles. The highest BCUT2D eigenvalue weighted by Gasteiger charge is 2.33. The van der Waals surface area contributed by atoms with Crippen molar-refractivity contribution < 1.29 is 0 Å². The maximum Gasteiger partial charge on any atom is 0.260 e. The Kier molecular flexibility index (Phi) is 4.66. The third-order valence-corrected chi connectivity index (χ3v) is 8.29. The van der Waals surface area contributed by atoms with Gasteiger partial charge in [-0.1, -0.05) is 25.3 Å². The molecule has 0 spiro atoms. The van der Waals surface area contributed by atoms with E-state index in [0.717, 1.165) is 51.4 Å². The summed E-state index contributed by atoms with van der Waals surface area (Å²) in [4.78, 5) is 25.4. The summed E-state index contributed by atoms with van der Waals surface area (Å²) in [7, 11) is 0. The van der Waals surface area contributed by atoms with Crippen molar-refractivity contribution in [2.24, 2.45) is 11.8 Å². The highest BCUT2D eigenvalue weighted by Crippen LogP contribution is 2.38. The summed E-state index contributed by atoms with van der Waals surface area (Å²) in [6.45, 7) is 4.47. The molecular formula is C21H25N3OS2. The van der Waals surface area contributed by atoms with Crippen LogP contribution in [0.2, 0.25) is 0 Å². The molecule has 1 aliphatic heterocycles. The standard InChI is InChI=1S/C21H25N3OS2/c1-13(24-9-8-14-5-2-3-6-15(14)11-24)19-22-20(25)18-16(12-27-21(18)23-19)17-7-4-10-26-17/h4,7,10,12-15H,2-3,5-6,8-9,11H2,1H3,(H,22,23,25)/t13-,14+,15-/m1/s1. The molecule has 3 aromatic heterocycles. The first kappa shape index (κ1) is 17.6. The maximum absolute atomic E-state index is 12.9. The summed E-state index contributed by atoms with van der Waals surface area (Å²) in [5, 5.41) is 4.86. The van der Waals surface area contributed by atoms with Gasteiger partial charge in [-0.25, -0.2) is 4.98 Å². The molecule has 142 valence electrons. The van der Waals surface area contributed by atoms with Gasteiger partial charge in [0.15, 0.2) is 0 Å². The summed E-state index contributed by atoms with van der Waals surface area (Å²) in [6, 6.07) is 4.25.